The first-order chi connectivity index (χ1) is 11.3. The summed E-state index contributed by atoms with van der Waals surface area (Å²) in [5, 5.41) is 3.56. The Morgan fingerprint density at radius 2 is 1.92 bits per heavy atom. The van der Waals surface area contributed by atoms with Crippen LogP contribution in [0.4, 0.5) is 13.2 Å². The smallest absolute Gasteiger partial charge is 0.349 e. The van der Waals surface area contributed by atoms with Gasteiger partial charge in [0, 0.05) is 17.5 Å². The summed E-state index contributed by atoms with van der Waals surface area (Å²) < 4.78 is 38.3. The second kappa shape index (κ2) is 7.47. The van der Waals surface area contributed by atoms with Gasteiger partial charge in [-0.2, -0.15) is 13.2 Å². The number of halogens is 4. The molecule has 0 bridgehead atoms. The van der Waals surface area contributed by atoms with Crippen molar-refractivity contribution < 1.29 is 18.0 Å². The van der Waals surface area contributed by atoms with Gasteiger partial charge in [0.25, 0.3) is 5.91 Å². The molecular weight excluding hydrogens is 375 g/mol. The minimum Gasteiger partial charge on any atom is -0.349 e. The Bertz CT molecular complexity index is 770. The Kier molecular flexibility index (Phi) is 5.96. The number of carbonyl (C=O) groups is 1. The fraction of sp³-hybridized carbons (Fsp3) is 0.500. The number of carbonyl (C=O) groups excluding carboxylic acids is 1. The van der Waals surface area contributed by atoms with Crippen LogP contribution >= 0.6 is 23.7 Å². The minimum atomic E-state index is -4.49. The van der Waals surface area contributed by atoms with Gasteiger partial charge in [-0.15, -0.1) is 23.7 Å². The maximum Gasteiger partial charge on any atom is 0.433 e. The van der Waals surface area contributed by atoms with Crippen molar-refractivity contribution in [3.8, 4) is 0 Å². The van der Waals surface area contributed by atoms with Crippen LogP contribution in [0.3, 0.4) is 0 Å². The maximum atomic E-state index is 12.8. The quantitative estimate of drug-likeness (QED) is 0.808. The van der Waals surface area contributed by atoms with Gasteiger partial charge >= 0.3 is 6.18 Å². The average Bonchev–Trinajstić information content (AvgIpc) is 2.85. The highest BCUT2D eigenvalue weighted by atomic mass is 35.5. The normalized spacial score (nSPS) is 21.0. The van der Waals surface area contributed by atoms with E-state index in [0.29, 0.717) is 15.8 Å². The predicted molar refractivity (Wildman–Crippen MR) is 94.3 cm³/mol. The monoisotopic (exact) mass is 393 g/mol. The van der Waals surface area contributed by atoms with Gasteiger partial charge < -0.3 is 11.1 Å². The van der Waals surface area contributed by atoms with E-state index in [1.807, 2.05) is 0 Å². The molecule has 3 N–H and O–H groups in total. The summed E-state index contributed by atoms with van der Waals surface area (Å²) in [6, 6.07) is 2.59. The maximum absolute atomic E-state index is 12.8. The molecular formula is C16H19ClF3N3OS. The summed E-state index contributed by atoms with van der Waals surface area (Å²) >= 11 is 1.00. The Balaban J connectivity index is 0.00000225. The molecule has 1 saturated carbocycles. The zero-order chi connectivity index (χ0) is 17.5. The number of rotatable bonds is 2. The molecule has 0 radical (unpaired) electrons. The number of amides is 1. The molecule has 3 rings (SSSR count). The average molecular weight is 394 g/mol. The molecule has 1 aliphatic rings. The Labute approximate surface area is 153 Å². The van der Waals surface area contributed by atoms with E-state index in [9.17, 15) is 18.0 Å². The second-order valence-corrected chi connectivity index (χ2v) is 7.19. The molecule has 2 aromatic heterocycles. The minimum absolute atomic E-state index is 0. The number of thiophene rings is 1. The van der Waals surface area contributed by atoms with Crippen LogP contribution in [0.25, 0.3) is 10.2 Å². The Morgan fingerprint density at radius 1 is 1.28 bits per heavy atom. The van der Waals surface area contributed by atoms with Gasteiger partial charge in [-0.05, 0) is 50.3 Å². The van der Waals surface area contributed by atoms with E-state index >= 15 is 0 Å². The predicted octanol–water partition coefficient (Wildman–Crippen LogP) is 4.05. The molecule has 2 aromatic rings. The van der Waals surface area contributed by atoms with Crippen molar-refractivity contribution >= 4 is 39.9 Å². The highest BCUT2D eigenvalue weighted by molar-refractivity contribution is 7.20. The summed E-state index contributed by atoms with van der Waals surface area (Å²) in [6.45, 7) is 1.74. The third kappa shape index (κ3) is 4.24. The Hall–Kier alpha value is -1.38. The lowest BCUT2D eigenvalue weighted by Crippen LogP contribution is -2.40. The fourth-order valence-corrected chi connectivity index (χ4v) is 4.07. The van der Waals surface area contributed by atoms with Gasteiger partial charge in [0.2, 0.25) is 0 Å². The molecule has 4 nitrogen and oxygen atoms in total. The van der Waals surface area contributed by atoms with Gasteiger partial charge in [0.05, 0.1) is 4.88 Å². The van der Waals surface area contributed by atoms with E-state index in [0.717, 1.165) is 43.1 Å². The third-order valence-corrected chi connectivity index (χ3v) is 5.61. The van der Waals surface area contributed by atoms with Gasteiger partial charge in [-0.25, -0.2) is 4.98 Å². The summed E-state index contributed by atoms with van der Waals surface area (Å²) in [4.78, 5) is 16.8. The van der Waals surface area contributed by atoms with E-state index in [1.54, 1.807) is 6.92 Å². The fourth-order valence-electron chi connectivity index (χ4n) is 2.99. The first-order valence-corrected chi connectivity index (χ1v) is 8.61. The van der Waals surface area contributed by atoms with Crippen LogP contribution in [0.5, 0.6) is 0 Å². The summed E-state index contributed by atoms with van der Waals surface area (Å²) in [6.07, 6.45) is -1.10. The van der Waals surface area contributed by atoms with E-state index in [2.05, 4.69) is 10.3 Å². The number of nitrogens with two attached hydrogens (primary N) is 1. The van der Waals surface area contributed by atoms with Crippen molar-refractivity contribution in [2.75, 3.05) is 0 Å². The number of pyridine rings is 1. The zero-order valence-electron chi connectivity index (χ0n) is 13.5. The van der Waals surface area contributed by atoms with Crippen LogP contribution in [0.15, 0.2) is 12.1 Å². The van der Waals surface area contributed by atoms with Crippen LogP contribution in [0.2, 0.25) is 0 Å². The van der Waals surface area contributed by atoms with Crippen molar-refractivity contribution in [2.45, 2.75) is 50.9 Å². The molecule has 0 unspecified atom stereocenters. The number of alkyl halides is 3. The second-order valence-electron chi connectivity index (χ2n) is 6.19. The number of hydrogen-bond acceptors (Lipinski definition) is 4. The lowest BCUT2D eigenvalue weighted by atomic mass is 9.92. The lowest BCUT2D eigenvalue weighted by Gasteiger charge is -2.26. The number of hydrogen-bond donors (Lipinski definition) is 2. The first-order valence-electron chi connectivity index (χ1n) is 7.79. The number of aromatic nitrogens is 1. The molecule has 0 spiro atoms. The van der Waals surface area contributed by atoms with Crippen LogP contribution < -0.4 is 11.1 Å². The van der Waals surface area contributed by atoms with Crippen molar-refractivity contribution in [1.29, 1.82) is 0 Å². The number of fused-ring (bicyclic) bond motifs is 1. The molecule has 0 aliphatic heterocycles. The van der Waals surface area contributed by atoms with Crippen LogP contribution in [0, 0.1) is 6.92 Å². The van der Waals surface area contributed by atoms with Crippen LogP contribution in [0.1, 0.15) is 46.6 Å². The SMILES string of the molecule is Cc1c(C(=O)NC2CCC(N)CC2)sc2nc(C(F)(F)F)ccc12.Cl. The molecule has 2 heterocycles. The number of nitrogens with zero attached hydrogens (tertiary/aromatic N) is 1. The largest absolute Gasteiger partial charge is 0.433 e. The molecule has 1 fully saturated rings. The summed E-state index contributed by atoms with van der Waals surface area (Å²) in [7, 11) is 0. The highest BCUT2D eigenvalue weighted by Crippen LogP contribution is 2.34. The number of nitrogens with one attached hydrogen (secondary N) is 1. The molecule has 138 valence electrons. The molecule has 0 saturated heterocycles. The van der Waals surface area contributed by atoms with E-state index < -0.39 is 11.9 Å². The van der Waals surface area contributed by atoms with Crippen molar-refractivity contribution in [1.82, 2.24) is 10.3 Å². The van der Waals surface area contributed by atoms with Crippen molar-refractivity contribution in [2.24, 2.45) is 5.73 Å². The van der Waals surface area contributed by atoms with E-state index in [4.69, 9.17) is 5.73 Å². The Morgan fingerprint density at radius 3 is 2.52 bits per heavy atom. The molecule has 9 heteroatoms. The first kappa shape index (κ1) is 19.9. The highest BCUT2D eigenvalue weighted by Gasteiger charge is 2.33. The van der Waals surface area contributed by atoms with Crippen LogP contribution in [-0.4, -0.2) is 23.0 Å². The summed E-state index contributed by atoms with van der Waals surface area (Å²) in [5.74, 6) is -0.246. The van der Waals surface area contributed by atoms with Gasteiger partial charge in [-0.1, -0.05) is 0 Å². The topological polar surface area (TPSA) is 68.0 Å². The third-order valence-electron chi connectivity index (χ3n) is 4.41. The lowest BCUT2D eigenvalue weighted by molar-refractivity contribution is -0.140. The molecule has 0 aromatic carbocycles. The van der Waals surface area contributed by atoms with Crippen LogP contribution in [-0.2, 0) is 6.18 Å². The zero-order valence-corrected chi connectivity index (χ0v) is 15.2. The van der Waals surface area contributed by atoms with Gasteiger partial charge in [-0.3, -0.25) is 4.79 Å². The molecule has 25 heavy (non-hydrogen) atoms. The van der Waals surface area contributed by atoms with E-state index in [1.165, 1.54) is 6.07 Å². The standard InChI is InChI=1S/C16H18F3N3OS.ClH/c1-8-11-6-7-12(16(17,18)19)22-15(11)24-13(8)14(23)21-10-4-2-9(20)3-5-10;/h6-7,9-10H,2-5,20H2,1H3,(H,21,23);1H. The summed E-state index contributed by atoms with van der Waals surface area (Å²) in [5.41, 5.74) is 5.58. The van der Waals surface area contributed by atoms with E-state index in [-0.39, 0.29) is 35.2 Å². The van der Waals surface area contributed by atoms with Gasteiger partial charge in [0.15, 0.2) is 0 Å². The van der Waals surface area contributed by atoms with Crippen molar-refractivity contribution in [3.63, 3.8) is 0 Å². The number of aryl methyl sites for hydroxylation is 1. The molecule has 1 aliphatic carbocycles. The molecule has 0 atom stereocenters. The van der Waals surface area contributed by atoms with Crippen molar-refractivity contribution in [3.05, 3.63) is 28.3 Å². The molecule has 1 amide bonds. The van der Waals surface area contributed by atoms with Gasteiger partial charge in [0.1, 0.15) is 10.5 Å².